The van der Waals surface area contributed by atoms with E-state index in [0.29, 0.717) is 5.82 Å². The van der Waals surface area contributed by atoms with Crippen LogP contribution in [0.3, 0.4) is 0 Å². The molecule has 3 aromatic rings. The lowest BCUT2D eigenvalue weighted by atomic mass is 10.3. The SMILES string of the molecule is CN(c1ccccc1)c1ccc(NS(=O)(=O)c2ccc(F)cc2)nn1. The zero-order valence-corrected chi connectivity index (χ0v) is 14.1. The number of anilines is 3. The molecule has 6 nitrogen and oxygen atoms in total. The van der Waals surface area contributed by atoms with E-state index >= 15 is 0 Å². The highest BCUT2D eigenvalue weighted by molar-refractivity contribution is 7.92. The monoisotopic (exact) mass is 358 g/mol. The van der Waals surface area contributed by atoms with E-state index in [1.807, 2.05) is 42.3 Å². The van der Waals surface area contributed by atoms with Gasteiger partial charge in [0, 0.05) is 12.7 Å². The highest BCUT2D eigenvalue weighted by Crippen LogP contribution is 2.21. The number of nitrogens with one attached hydrogen (secondary N) is 1. The summed E-state index contributed by atoms with van der Waals surface area (Å²) in [6.45, 7) is 0. The second kappa shape index (κ2) is 6.86. The number of nitrogens with zero attached hydrogens (tertiary/aromatic N) is 3. The summed E-state index contributed by atoms with van der Waals surface area (Å²) in [5.74, 6) is 0.137. The van der Waals surface area contributed by atoms with E-state index in [1.54, 1.807) is 6.07 Å². The molecule has 0 aliphatic rings. The second-order valence-corrected chi connectivity index (χ2v) is 6.91. The van der Waals surface area contributed by atoms with Gasteiger partial charge in [-0.2, -0.15) is 0 Å². The van der Waals surface area contributed by atoms with Crippen molar-refractivity contribution in [1.29, 1.82) is 0 Å². The van der Waals surface area contributed by atoms with Crippen LogP contribution in [0.4, 0.5) is 21.7 Å². The molecule has 1 heterocycles. The Balaban J connectivity index is 1.77. The molecule has 0 atom stereocenters. The van der Waals surface area contributed by atoms with Gasteiger partial charge in [-0.15, -0.1) is 10.2 Å². The smallest absolute Gasteiger partial charge is 0.263 e. The molecule has 0 aliphatic heterocycles. The molecule has 0 saturated heterocycles. The minimum absolute atomic E-state index is 0.0545. The Hall–Kier alpha value is -3.00. The summed E-state index contributed by atoms with van der Waals surface area (Å²) in [5, 5.41) is 7.93. The first kappa shape index (κ1) is 16.8. The van der Waals surface area contributed by atoms with E-state index in [4.69, 9.17) is 0 Å². The number of aromatic nitrogens is 2. The number of halogens is 1. The summed E-state index contributed by atoms with van der Waals surface area (Å²) >= 11 is 0. The van der Waals surface area contributed by atoms with Crippen LogP contribution in [0.2, 0.25) is 0 Å². The molecule has 3 rings (SSSR count). The van der Waals surface area contributed by atoms with Crippen LogP contribution in [0.5, 0.6) is 0 Å². The summed E-state index contributed by atoms with van der Waals surface area (Å²) < 4.78 is 39.7. The molecular formula is C17H15FN4O2S. The van der Waals surface area contributed by atoms with Crippen LogP contribution in [0.1, 0.15) is 0 Å². The number of rotatable bonds is 5. The third kappa shape index (κ3) is 3.92. The predicted octanol–water partition coefficient (Wildman–Crippen LogP) is 3.18. The van der Waals surface area contributed by atoms with Crippen LogP contribution >= 0.6 is 0 Å². The van der Waals surface area contributed by atoms with Crippen molar-refractivity contribution < 1.29 is 12.8 Å². The molecule has 0 saturated carbocycles. The molecule has 25 heavy (non-hydrogen) atoms. The van der Waals surface area contributed by atoms with Crippen LogP contribution in [0.25, 0.3) is 0 Å². The topological polar surface area (TPSA) is 75.2 Å². The summed E-state index contributed by atoms with van der Waals surface area (Å²) in [6, 6.07) is 17.3. The lowest BCUT2D eigenvalue weighted by Crippen LogP contribution is -2.16. The van der Waals surface area contributed by atoms with Crippen molar-refractivity contribution in [2.75, 3.05) is 16.7 Å². The van der Waals surface area contributed by atoms with Crippen LogP contribution < -0.4 is 9.62 Å². The van der Waals surface area contributed by atoms with Crippen molar-refractivity contribution in [3.05, 3.63) is 72.5 Å². The summed E-state index contributed by atoms with van der Waals surface area (Å²) in [6.07, 6.45) is 0. The van der Waals surface area contributed by atoms with E-state index in [1.165, 1.54) is 18.2 Å². The van der Waals surface area contributed by atoms with Gasteiger partial charge in [0.2, 0.25) is 0 Å². The Labute approximate surface area is 145 Å². The van der Waals surface area contributed by atoms with Gasteiger partial charge in [0.15, 0.2) is 11.6 Å². The zero-order chi connectivity index (χ0) is 17.9. The van der Waals surface area contributed by atoms with E-state index < -0.39 is 15.8 Å². The molecule has 0 fully saturated rings. The van der Waals surface area contributed by atoms with E-state index in [9.17, 15) is 12.8 Å². The summed E-state index contributed by atoms with van der Waals surface area (Å²) in [7, 11) is -2.01. The minimum atomic E-state index is -3.85. The molecule has 1 aromatic heterocycles. The van der Waals surface area contributed by atoms with Gasteiger partial charge in [0.25, 0.3) is 10.0 Å². The second-order valence-electron chi connectivity index (χ2n) is 5.23. The lowest BCUT2D eigenvalue weighted by molar-refractivity contribution is 0.599. The van der Waals surface area contributed by atoms with E-state index in [2.05, 4.69) is 14.9 Å². The molecule has 128 valence electrons. The van der Waals surface area contributed by atoms with Crippen molar-refractivity contribution >= 4 is 27.3 Å². The van der Waals surface area contributed by atoms with Crippen molar-refractivity contribution in [2.45, 2.75) is 4.90 Å². The summed E-state index contributed by atoms with van der Waals surface area (Å²) in [5.41, 5.74) is 0.927. The van der Waals surface area contributed by atoms with Gasteiger partial charge in [0.05, 0.1) is 4.90 Å². The van der Waals surface area contributed by atoms with Gasteiger partial charge in [-0.05, 0) is 48.5 Å². The van der Waals surface area contributed by atoms with Gasteiger partial charge in [-0.25, -0.2) is 12.8 Å². The molecule has 0 bridgehead atoms. The van der Waals surface area contributed by atoms with Crippen molar-refractivity contribution in [1.82, 2.24) is 10.2 Å². The molecule has 2 aromatic carbocycles. The molecule has 8 heteroatoms. The first-order valence-electron chi connectivity index (χ1n) is 7.36. The maximum atomic E-state index is 12.9. The Morgan fingerprint density at radius 1 is 0.920 bits per heavy atom. The number of para-hydroxylation sites is 1. The first-order valence-corrected chi connectivity index (χ1v) is 8.85. The number of benzene rings is 2. The predicted molar refractivity (Wildman–Crippen MR) is 93.7 cm³/mol. The van der Waals surface area contributed by atoms with Crippen LogP contribution in [0.15, 0.2) is 71.6 Å². The molecule has 0 unspecified atom stereocenters. The maximum Gasteiger partial charge on any atom is 0.263 e. The third-order valence-corrected chi connectivity index (χ3v) is 4.87. The van der Waals surface area contributed by atoms with E-state index in [-0.39, 0.29) is 10.7 Å². The highest BCUT2D eigenvalue weighted by Gasteiger charge is 2.15. The van der Waals surface area contributed by atoms with Gasteiger partial charge < -0.3 is 4.90 Å². The summed E-state index contributed by atoms with van der Waals surface area (Å²) in [4.78, 5) is 1.77. The van der Waals surface area contributed by atoms with Crippen LogP contribution in [-0.2, 0) is 10.0 Å². The lowest BCUT2D eigenvalue weighted by Gasteiger charge is -2.17. The molecule has 0 radical (unpaired) electrons. The Bertz CT molecular complexity index is 946. The van der Waals surface area contributed by atoms with Crippen LogP contribution in [-0.4, -0.2) is 25.7 Å². The third-order valence-electron chi connectivity index (χ3n) is 3.50. The first-order chi connectivity index (χ1) is 12.0. The van der Waals surface area contributed by atoms with Gasteiger partial charge >= 0.3 is 0 Å². The standard InChI is InChI=1S/C17H15FN4O2S/c1-22(14-5-3-2-4-6-14)17-12-11-16(19-20-17)21-25(23,24)15-9-7-13(18)8-10-15/h2-12H,1H3,(H,19,21). The molecule has 0 spiro atoms. The largest absolute Gasteiger partial charge is 0.328 e. The maximum absolute atomic E-state index is 12.9. The van der Waals surface area contributed by atoms with Gasteiger partial charge in [-0.1, -0.05) is 18.2 Å². The Kier molecular flexibility index (Phi) is 4.62. The average Bonchev–Trinajstić information content (AvgIpc) is 2.62. The normalized spacial score (nSPS) is 11.1. The average molecular weight is 358 g/mol. The fraction of sp³-hybridized carbons (Fsp3) is 0.0588. The highest BCUT2D eigenvalue weighted by atomic mass is 32.2. The Morgan fingerprint density at radius 2 is 1.60 bits per heavy atom. The van der Waals surface area contributed by atoms with Crippen LogP contribution in [0, 0.1) is 5.82 Å². The quantitative estimate of drug-likeness (QED) is 0.758. The minimum Gasteiger partial charge on any atom is -0.328 e. The van der Waals surface area contributed by atoms with Gasteiger partial charge in [0.1, 0.15) is 5.82 Å². The fourth-order valence-electron chi connectivity index (χ4n) is 2.15. The number of sulfonamides is 1. The molecule has 0 aliphatic carbocycles. The van der Waals surface area contributed by atoms with E-state index in [0.717, 1.165) is 17.8 Å². The molecular weight excluding hydrogens is 343 g/mol. The molecule has 0 amide bonds. The van der Waals surface area contributed by atoms with Crippen molar-refractivity contribution in [3.8, 4) is 0 Å². The molecule has 1 N–H and O–H groups in total. The van der Waals surface area contributed by atoms with Crippen molar-refractivity contribution in [2.24, 2.45) is 0 Å². The number of hydrogen-bond donors (Lipinski definition) is 1. The van der Waals surface area contributed by atoms with Gasteiger partial charge in [-0.3, -0.25) is 4.72 Å². The fourth-order valence-corrected chi connectivity index (χ4v) is 3.15. The zero-order valence-electron chi connectivity index (χ0n) is 13.3. The van der Waals surface area contributed by atoms with Crippen molar-refractivity contribution in [3.63, 3.8) is 0 Å². The Morgan fingerprint density at radius 3 is 2.20 bits per heavy atom. The number of hydrogen-bond acceptors (Lipinski definition) is 5.